The van der Waals surface area contributed by atoms with E-state index in [0.717, 1.165) is 24.1 Å². The second-order valence-corrected chi connectivity index (χ2v) is 5.99. The number of hydrogen-bond donors (Lipinski definition) is 2. The summed E-state index contributed by atoms with van der Waals surface area (Å²) in [6, 6.07) is 5.73. The fraction of sp³-hybridized carbons (Fsp3) is 0.529. The number of amides is 2. The maximum Gasteiger partial charge on any atom is 0.239 e. The van der Waals surface area contributed by atoms with Crippen LogP contribution >= 0.6 is 0 Å². The summed E-state index contributed by atoms with van der Waals surface area (Å²) in [5.41, 5.74) is 1.91. The average Bonchev–Trinajstić information content (AvgIpc) is 2.43. The monoisotopic (exact) mass is 290 g/mol. The van der Waals surface area contributed by atoms with E-state index in [4.69, 9.17) is 0 Å². The number of carbonyl (C=O) groups excluding carboxylic acids is 2. The predicted octanol–water partition coefficient (Wildman–Crippen LogP) is 3.18. The van der Waals surface area contributed by atoms with Gasteiger partial charge in [-0.3, -0.25) is 9.59 Å². The highest BCUT2D eigenvalue weighted by molar-refractivity contribution is 6.09. The van der Waals surface area contributed by atoms with E-state index in [9.17, 15) is 9.59 Å². The Hall–Kier alpha value is -1.84. The zero-order chi connectivity index (χ0) is 16.0. The fourth-order valence-corrected chi connectivity index (χ4v) is 1.81. The summed E-state index contributed by atoms with van der Waals surface area (Å²) in [7, 11) is 0. The number of anilines is 1. The van der Waals surface area contributed by atoms with Crippen LogP contribution in [0.15, 0.2) is 18.2 Å². The molecule has 0 atom stereocenters. The molecule has 0 heterocycles. The Morgan fingerprint density at radius 3 is 2.33 bits per heavy atom. The van der Waals surface area contributed by atoms with E-state index in [0.29, 0.717) is 6.54 Å². The van der Waals surface area contributed by atoms with Gasteiger partial charge in [0.2, 0.25) is 11.8 Å². The first-order valence-corrected chi connectivity index (χ1v) is 7.46. The minimum absolute atomic E-state index is 0.239. The van der Waals surface area contributed by atoms with Gasteiger partial charge in [-0.25, -0.2) is 0 Å². The van der Waals surface area contributed by atoms with Gasteiger partial charge in [-0.2, -0.15) is 0 Å². The number of aryl methyl sites for hydroxylation is 2. The van der Waals surface area contributed by atoms with Crippen LogP contribution < -0.4 is 10.6 Å². The lowest BCUT2D eigenvalue weighted by atomic mass is 9.90. The van der Waals surface area contributed by atoms with Crippen LogP contribution in [-0.2, 0) is 9.59 Å². The van der Waals surface area contributed by atoms with Crippen LogP contribution in [0.1, 0.15) is 44.7 Å². The van der Waals surface area contributed by atoms with E-state index in [1.807, 2.05) is 32.0 Å². The summed E-state index contributed by atoms with van der Waals surface area (Å²) in [5.74, 6) is -0.531. The lowest BCUT2D eigenvalue weighted by Crippen LogP contribution is -2.45. The molecule has 0 bridgehead atoms. The molecule has 2 amide bonds. The Bertz CT molecular complexity index is 522. The number of benzene rings is 1. The van der Waals surface area contributed by atoms with Crippen LogP contribution in [0.5, 0.6) is 0 Å². The Morgan fingerprint density at radius 2 is 1.76 bits per heavy atom. The summed E-state index contributed by atoms with van der Waals surface area (Å²) in [6.07, 6.45) is 1.93. The molecule has 4 nitrogen and oxygen atoms in total. The van der Waals surface area contributed by atoms with Crippen molar-refractivity contribution >= 4 is 17.5 Å². The molecular formula is C17H26N2O2. The van der Waals surface area contributed by atoms with E-state index in [1.165, 1.54) is 5.56 Å². The molecule has 1 rings (SSSR count). The third kappa shape index (κ3) is 4.59. The van der Waals surface area contributed by atoms with Gasteiger partial charge in [-0.1, -0.05) is 19.4 Å². The molecule has 0 aromatic heterocycles. The van der Waals surface area contributed by atoms with Crippen molar-refractivity contribution in [1.29, 1.82) is 0 Å². The molecule has 21 heavy (non-hydrogen) atoms. The van der Waals surface area contributed by atoms with Crippen molar-refractivity contribution in [2.45, 2.75) is 47.5 Å². The Morgan fingerprint density at radius 1 is 1.10 bits per heavy atom. The quantitative estimate of drug-likeness (QED) is 0.624. The van der Waals surface area contributed by atoms with Crippen LogP contribution in [0.25, 0.3) is 0 Å². The molecule has 116 valence electrons. The average molecular weight is 290 g/mol. The highest BCUT2D eigenvalue weighted by Crippen LogP contribution is 2.20. The Labute approximate surface area is 127 Å². The molecule has 4 heteroatoms. The standard InChI is InChI=1S/C17H26N2O2/c1-6-7-10-18-15(20)17(4,5)16(21)19-14-9-8-12(2)13(3)11-14/h8-9,11H,6-7,10H2,1-5H3,(H,18,20)(H,19,21). The Balaban J connectivity index is 2.71. The van der Waals surface area contributed by atoms with Crippen molar-refractivity contribution in [1.82, 2.24) is 5.32 Å². The van der Waals surface area contributed by atoms with Gasteiger partial charge in [0.15, 0.2) is 0 Å². The van der Waals surface area contributed by atoms with Crippen LogP contribution in [-0.4, -0.2) is 18.4 Å². The van der Waals surface area contributed by atoms with Gasteiger partial charge in [0.1, 0.15) is 5.41 Å². The zero-order valence-electron chi connectivity index (χ0n) is 13.7. The number of hydrogen-bond acceptors (Lipinski definition) is 2. The smallest absolute Gasteiger partial charge is 0.239 e. The van der Waals surface area contributed by atoms with Gasteiger partial charge in [0.05, 0.1) is 0 Å². The van der Waals surface area contributed by atoms with E-state index in [2.05, 4.69) is 17.6 Å². The fourth-order valence-electron chi connectivity index (χ4n) is 1.81. The van der Waals surface area contributed by atoms with E-state index >= 15 is 0 Å². The molecule has 0 aliphatic carbocycles. The van der Waals surface area contributed by atoms with Gasteiger partial charge in [-0.15, -0.1) is 0 Å². The van der Waals surface area contributed by atoms with Crippen molar-refractivity contribution in [3.8, 4) is 0 Å². The summed E-state index contributed by atoms with van der Waals surface area (Å²) < 4.78 is 0. The highest BCUT2D eigenvalue weighted by atomic mass is 16.2. The minimum atomic E-state index is -1.09. The molecule has 0 aliphatic heterocycles. The maximum absolute atomic E-state index is 12.3. The first-order valence-electron chi connectivity index (χ1n) is 7.46. The number of carbonyl (C=O) groups is 2. The lowest BCUT2D eigenvalue weighted by molar-refractivity contribution is -0.138. The van der Waals surface area contributed by atoms with Crippen LogP contribution in [0.3, 0.4) is 0 Å². The SMILES string of the molecule is CCCCNC(=O)C(C)(C)C(=O)Nc1ccc(C)c(C)c1. The number of nitrogens with one attached hydrogen (secondary N) is 2. The molecule has 2 N–H and O–H groups in total. The van der Waals surface area contributed by atoms with Crippen LogP contribution in [0.2, 0.25) is 0 Å². The summed E-state index contributed by atoms with van der Waals surface area (Å²) in [6.45, 7) is 9.97. The normalized spacial score (nSPS) is 11.1. The molecule has 0 saturated carbocycles. The van der Waals surface area contributed by atoms with E-state index in [-0.39, 0.29) is 11.8 Å². The van der Waals surface area contributed by atoms with Crippen LogP contribution in [0, 0.1) is 19.3 Å². The number of unbranched alkanes of at least 4 members (excludes halogenated alkanes) is 1. The molecule has 1 aromatic carbocycles. The van der Waals surface area contributed by atoms with E-state index in [1.54, 1.807) is 13.8 Å². The number of rotatable bonds is 6. The lowest BCUT2D eigenvalue weighted by Gasteiger charge is -2.23. The largest absolute Gasteiger partial charge is 0.355 e. The maximum atomic E-state index is 12.3. The molecule has 0 fully saturated rings. The molecule has 1 aromatic rings. The van der Waals surface area contributed by atoms with Gasteiger partial charge in [0.25, 0.3) is 0 Å². The van der Waals surface area contributed by atoms with Gasteiger partial charge in [-0.05, 0) is 57.4 Å². The summed E-state index contributed by atoms with van der Waals surface area (Å²) >= 11 is 0. The first-order chi connectivity index (χ1) is 9.78. The second kappa shape index (κ2) is 7.25. The predicted molar refractivity (Wildman–Crippen MR) is 86.2 cm³/mol. The molecule has 0 spiro atoms. The van der Waals surface area contributed by atoms with Gasteiger partial charge < -0.3 is 10.6 Å². The van der Waals surface area contributed by atoms with Crippen molar-refractivity contribution in [3.63, 3.8) is 0 Å². The summed E-state index contributed by atoms with van der Waals surface area (Å²) in [4.78, 5) is 24.5. The van der Waals surface area contributed by atoms with Crippen molar-refractivity contribution in [2.75, 3.05) is 11.9 Å². The van der Waals surface area contributed by atoms with Crippen LogP contribution in [0.4, 0.5) is 5.69 Å². The minimum Gasteiger partial charge on any atom is -0.355 e. The van der Waals surface area contributed by atoms with Crippen molar-refractivity contribution in [3.05, 3.63) is 29.3 Å². The van der Waals surface area contributed by atoms with E-state index < -0.39 is 5.41 Å². The zero-order valence-corrected chi connectivity index (χ0v) is 13.7. The van der Waals surface area contributed by atoms with Gasteiger partial charge in [0, 0.05) is 12.2 Å². The highest BCUT2D eigenvalue weighted by Gasteiger charge is 2.35. The Kier molecular flexibility index (Phi) is 5.94. The molecule has 0 aliphatic rings. The van der Waals surface area contributed by atoms with Crippen molar-refractivity contribution in [2.24, 2.45) is 5.41 Å². The topological polar surface area (TPSA) is 58.2 Å². The molecular weight excluding hydrogens is 264 g/mol. The third-order valence-electron chi connectivity index (χ3n) is 3.72. The summed E-state index contributed by atoms with van der Waals surface area (Å²) in [5, 5.41) is 5.63. The first kappa shape index (κ1) is 17.2. The molecule has 0 unspecified atom stereocenters. The third-order valence-corrected chi connectivity index (χ3v) is 3.72. The molecule has 0 radical (unpaired) electrons. The van der Waals surface area contributed by atoms with Gasteiger partial charge >= 0.3 is 0 Å². The van der Waals surface area contributed by atoms with Crippen molar-refractivity contribution < 1.29 is 9.59 Å². The molecule has 0 saturated heterocycles. The second-order valence-electron chi connectivity index (χ2n) is 5.99.